The number of anilines is 1. The SMILES string of the molecule is Cc1cccc(N2CCN(Cc3ccc(Cl)s3)CC2)n1. The van der Waals surface area contributed by atoms with Crippen molar-refractivity contribution in [3.63, 3.8) is 0 Å². The van der Waals surface area contributed by atoms with E-state index in [1.807, 2.05) is 19.1 Å². The van der Waals surface area contributed by atoms with Gasteiger partial charge < -0.3 is 4.90 Å². The fraction of sp³-hybridized carbons (Fsp3) is 0.400. The molecule has 2 aromatic rings. The zero-order valence-electron chi connectivity index (χ0n) is 11.6. The molecule has 3 rings (SSSR count). The lowest BCUT2D eigenvalue weighted by molar-refractivity contribution is 0.251. The smallest absolute Gasteiger partial charge is 0.128 e. The minimum atomic E-state index is 0.877. The maximum Gasteiger partial charge on any atom is 0.128 e. The summed E-state index contributed by atoms with van der Waals surface area (Å²) in [6, 6.07) is 10.3. The fourth-order valence-electron chi connectivity index (χ4n) is 2.50. The van der Waals surface area contributed by atoms with Crippen molar-refractivity contribution < 1.29 is 0 Å². The van der Waals surface area contributed by atoms with Gasteiger partial charge in [0.15, 0.2) is 0 Å². The molecule has 0 atom stereocenters. The second kappa shape index (κ2) is 6.12. The van der Waals surface area contributed by atoms with Gasteiger partial charge in [0.05, 0.1) is 4.34 Å². The van der Waals surface area contributed by atoms with Gasteiger partial charge in [0, 0.05) is 43.3 Å². The van der Waals surface area contributed by atoms with Crippen LogP contribution in [0.2, 0.25) is 4.34 Å². The minimum absolute atomic E-state index is 0.877. The summed E-state index contributed by atoms with van der Waals surface area (Å²) in [6.45, 7) is 7.27. The number of pyridine rings is 1. The molecule has 20 heavy (non-hydrogen) atoms. The Morgan fingerprint density at radius 3 is 2.60 bits per heavy atom. The van der Waals surface area contributed by atoms with Gasteiger partial charge in [-0.1, -0.05) is 17.7 Å². The summed E-state index contributed by atoms with van der Waals surface area (Å²) in [7, 11) is 0. The highest BCUT2D eigenvalue weighted by atomic mass is 35.5. The number of aryl methyl sites for hydroxylation is 1. The van der Waals surface area contributed by atoms with E-state index < -0.39 is 0 Å². The first-order valence-corrected chi connectivity index (χ1v) is 8.05. The zero-order chi connectivity index (χ0) is 13.9. The van der Waals surface area contributed by atoms with Gasteiger partial charge in [-0.25, -0.2) is 4.98 Å². The maximum absolute atomic E-state index is 5.98. The van der Waals surface area contributed by atoms with Gasteiger partial charge in [0.2, 0.25) is 0 Å². The van der Waals surface area contributed by atoms with Crippen LogP contribution < -0.4 is 4.90 Å². The number of hydrogen-bond donors (Lipinski definition) is 0. The second-order valence-corrected chi connectivity index (χ2v) is 6.91. The molecule has 5 heteroatoms. The summed E-state index contributed by atoms with van der Waals surface area (Å²) in [6.07, 6.45) is 0. The van der Waals surface area contributed by atoms with Gasteiger partial charge in [-0.2, -0.15) is 0 Å². The van der Waals surface area contributed by atoms with Crippen LogP contribution in [-0.4, -0.2) is 36.1 Å². The van der Waals surface area contributed by atoms with Crippen molar-refractivity contribution >= 4 is 28.8 Å². The lowest BCUT2D eigenvalue weighted by atomic mass is 10.3. The second-order valence-electron chi connectivity index (χ2n) is 5.11. The van der Waals surface area contributed by atoms with Crippen molar-refractivity contribution in [2.45, 2.75) is 13.5 Å². The van der Waals surface area contributed by atoms with Crippen molar-refractivity contribution in [2.24, 2.45) is 0 Å². The summed E-state index contributed by atoms with van der Waals surface area (Å²) < 4.78 is 0.877. The first-order chi connectivity index (χ1) is 9.70. The molecule has 3 heterocycles. The number of halogens is 1. The van der Waals surface area contributed by atoms with Crippen LogP contribution >= 0.6 is 22.9 Å². The van der Waals surface area contributed by atoms with E-state index in [0.29, 0.717) is 0 Å². The Hall–Kier alpha value is -1.10. The Morgan fingerprint density at radius 2 is 1.95 bits per heavy atom. The summed E-state index contributed by atoms with van der Waals surface area (Å²) in [5.41, 5.74) is 1.08. The van der Waals surface area contributed by atoms with Gasteiger partial charge in [0.1, 0.15) is 5.82 Å². The fourth-order valence-corrected chi connectivity index (χ4v) is 3.63. The average molecular weight is 308 g/mol. The molecule has 106 valence electrons. The molecule has 0 bridgehead atoms. The largest absolute Gasteiger partial charge is 0.354 e. The molecule has 1 saturated heterocycles. The highest BCUT2D eigenvalue weighted by molar-refractivity contribution is 7.16. The Labute approximate surface area is 128 Å². The lowest BCUT2D eigenvalue weighted by Gasteiger charge is -2.35. The maximum atomic E-state index is 5.98. The Bertz CT molecular complexity index is 576. The van der Waals surface area contributed by atoms with Crippen LogP contribution in [-0.2, 0) is 6.54 Å². The van der Waals surface area contributed by atoms with E-state index in [4.69, 9.17) is 11.6 Å². The molecular weight excluding hydrogens is 290 g/mol. The average Bonchev–Trinajstić information content (AvgIpc) is 2.85. The van der Waals surface area contributed by atoms with Gasteiger partial charge >= 0.3 is 0 Å². The highest BCUT2D eigenvalue weighted by Gasteiger charge is 2.18. The van der Waals surface area contributed by atoms with Gasteiger partial charge in [-0.3, -0.25) is 4.90 Å². The van der Waals surface area contributed by atoms with E-state index in [0.717, 1.165) is 48.6 Å². The molecule has 0 saturated carbocycles. The van der Waals surface area contributed by atoms with Crippen molar-refractivity contribution in [1.29, 1.82) is 0 Å². The molecule has 1 aliphatic rings. The van der Waals surface area contributed by atoms with E-state index in [-0.39, 0.29) is 0 Å². The Morgan fingerprint density at radius 1 is 1.15 bits per heavy atom. The minimum Gasteiger partial charge on any atom is -0.354 e. The summed E-state index contributed by atoms with van der Waals surface area (Å²) in [5, 5.41) is 0. The summed E-state index contributed by atoms with van der Waals surface area (Å²) in [5.74, 6) is 1.10. The number of thiophene rings is 1. The summed E-state index contributed by atoms with van der Waals surface area (Å²) >= 11 is 7.66. The van der Waals surface area contributed by atoms with E-state index in [1.165, 1.54) is 4.88 Å². The summed E-state index contributed by atoms with van der Waals surface area (Å²) in [4.78, 5) is 10.8. The molecule has 2 aromatic heterocycles. The number of hydrogen-bond acceptors (Lipinski definition) is 4. The van der Waals surface area contributed by atoms with Crippen molar-refractivity contribution in [3.05, 3.63) is 45.2 Å². The van der Waals surface area contributed by atoms with Crippen LogP contribution in [0.5, 0.6) is 0 Å². The van der Waals surface area contributed by atoms with Crippen LogP contribution in [0, 0.1) is 6.92 Å². The van der Waals surface area contributed by atoms with Gasteiger partial charge in [0.25, 0.3) is 0 Å². The monoisotopic (exact) mass is 307 g/mol. The van der Waals surface area contributed by atoms with E-state index in [9.17, 15) is 0 Å². The molecule has 0 aromatic carbocycles. The first-order valence-electron chi connectivity index (χ1n) is 6.86. The number of piperazine rings is 1. The molecule has 0 amide bonds. The lowest BCUT2D eigenvalue weighted by Crippen LogP contribution is -2.46. The van der Waals surface area contributed by atoms with Crippen molar-refractivity contribution in [3.8, 4) is 0 Å². The van der Waals surface area contributed by atoms with Gasteiger partial charge in [-0.15, -0.1) is 11.3 Å². The molecule has 1 aliphatic heterocycles. The van der Waals surface area contributed by atoms with Crippen LogP contribution in [0.15, 0.2) is 30.3 Å². The van der Waals surface area contributed by atoms with Crippen molar-refractivity contribution in [1.82, 2.24) is 9.88 Å². The predicted octanol–water partition coefficient (Wildman–Crippen LogP) is 3.43. The molecule has 3 nitrogen and oxygen atoms in total. The third kappa shape index (κ3) is 3.32. The molecule has 0 aliphatic carbocycles. The van der Waals surface area contributed by atoms with E-state index >= 15 is 0 Å². The van der Waals surface area contributed by atoms with E-state index in [1.54, 1.807) is 11.3 Å². The molecule has 0 radical (unpaired) electrons. The Balaban J connectivity index is 1.57. The van der Waals surface area contributed by atoms with Crippen LogP contribution in [0.25, 0.3) is 0 Å². The predicted molar refractivity (Wildman–Crippen MR) is 85.8 cm³/mol. The molecule has 1 fully saturated rings. The Kier molecular flexibility index (Phi) is 4.24. The quantitative estimate of drug-likeness (QED) is 0.866. The van der Waals surface area contributed by atoms with E-state index in [2.05, 4.69) is 33.0 Å². The number of aromatic nitrogens is 1. The third-order valence-corrected chi connectivity index (χ3v) is 4.79. The number of nitrogens with zero attached hydrogens (tertiary/aromatic N) is 3. The van der Waals surface area contributed by atoms with Crippen LogP contribution in [0.3, 0.4) is 0 Å². The molecule has 0 spiro atoms. The van der Waals surface area contributed by atoms with Crippen molar-refractivity contribution in [2.75, 3.05) is 31.1 Å². The number of rotatable bonds is 3. The molecule has 0 unspecified atom stereocenters. The van der Waals surface area contributed by atoms with Crippen LogP contribution in [0.4, 0.5) is 5.82 Å². The highest BCUT2D eigenvalue weighted by Crippen LogP contribution is 2.23. The van der Waals surface area contributed by atoms with Crippen LogP contribution in [0.1, 0.15) is 10.6 Å². The molecular formula is C15H18ClN3S. The standard InChI is InChI=1S/C15H18ClN3S/c1-12-3-2-4-15(17-12)19-9-7-18(8-10-19)11-13-5-6-14(16)20-13/h2-6H,7-11H2,1H3. The first kappa shape index (κ1) is 13.9. The zero-order valence-corrected chi connectivity index (χ0v) is 13.1. The molecule has 0 N–H and O–H groups in total. The third-order valence-electron chi connectivity index (χ3n) is 3.58. The topological polar surface area (TPSA) is 19.4 Å². The van der Waals surface area contributed by atoms with Gasteiger partial charge in [-0.05, 0) is 31.2 Å². The normalized spacial score (nSPS) is 16.6.